The summed E-state index contributed by atoms with van der Waals surface area (Å²) in [7, 11) is 0. The number of aryl methyl sites for hydroxylation is 1. The summed E-state index contributed by atoms with van der Waals surface area (Å²) in [6, 6.07) is 0.0382. The van der Waals surface area contributed by atoms with E-state index in [0.717, 1.165) is 30.7 Å². The number of carbonyl (C=O) groups excluding carboxylic acids is 1. The number of amides is 1. The molecule has 1 atom stereocenters. The third-order valence-corrected chi connectivity index (χ3v) is 2.70. The molecule has 2 rings (SSSR count). The van der Waals surface area contributed by atoms with Crippen LogP contribution in [0.2, 0.25) is 0 Å². The molecule has 0 saturated heterocycles. The summed E-state index contributed by atoms with van der Waals surface area (Å²) in [5.41, 5.74) is 2.10. The largest absolute Gasteiger partial charge is 0.348 e. The van der Waals surface area contributed by atoms with E-state index in [1.807, 2.05) is 0 Å². The summed E-state index contributed by atoms with van der Waals surface area (Å²) < 4.78 is 0. The molecule has 1 aromatic rings. The molecule has 1 heterocycles. The maximum Gasteiger partial charge on any atom is 0.235 e. The normalized spacial score (nSPS) is 20.2. The second-order valence-electron chi connectivity index (χ2n) is 3.41. The van der Waals surface area contributed by atoms with E-state index in [1.54, 1.807) is 6.33 Å². The minimum absolute atomic E-state index is 0.0102. The lowest BCUT2D eigenvalue weighted by molar-refractivity contribution is -0.119. The molecule has 0 saturated carbocycles. The van der Waals surface area contributed by atoms with Crippen molar-refractivity contribution in [3.05, 3.63) is 17.7 Å². The van der Waals surface area contributed by atoms with Crippen LogP contribution in [-0.2, 0) is 11.2 Å². The molecule has 76 valence electrons. The zero-order valence-electron chi connectivity index (χ0n) is 7.72. The molecule has 5 heteroatoms. The van der Waals surface area contributed by atoms with E-state index in [9.17, 15) is 4.79 Å². The first-order chi connectivity index (χ1) is 6.81. The van der Waals surface area contributed by atoms with Crippen molar-refractivity contribution in [3.8, 4) is 0 Å². The number of aromatic amines is 1. The molecule has 0 fully saturated rings. The van der Waals surface area contributed by atoms with Crippen LogP contribution in [0, 0.1) is 0 Å². The second kappa shape index (κ2) is 4.00. The number of fused-ring (bicyclic) bond motifs is 1. The van der Waals surface area contributed by atoms with Crippen molar-refractivity contribution in [2.45, 2.75) is 25.3 Å². The van der Waals surface area contributed by atoms with E-state index in [2.05, 4.69) is 15.3 Å². The first-order valence-corrected chi connectivity index (χ1v) is 5.22. The van der Waals surface area contributed by atoms with Crippen molar-refractivity contribution in [3.63, 3.8) is 0 Å². The summed E-state index contributed by atoms with van der Waals surface area (Å²) in [6.07, 6.45) is 4.71. The Hall–Kier alpha value is -1.03. The summed E-state index contributed by atoms with van der Waals surface area (Å²) in [4.78, 5) is 18.4. The number of imidazole rings is 1. The van der Waals surface area contributed by atoms with Crippen LogP contribution in [0.5, 0.6) is 0 Å². The van der Waals surface area contributed by atoms with Gasteiger partial charge in [-0.05, 0) is 19.3 Å². The summed E-state index contributed by atoms with van der Waals surface area (Å²) in [6.45, 7) is 0. The summed E-state index contributed by atoms with van der Waals surface area (Å²) >= 11 is 5.43. The molecule has 14 heavy (non-hydrogen) atoms. The Kier molecular flexibility index (Phi) is 2.72. The second-order valence-corrected chi connectivity index (χ2v) is 3.68. The first-order valence-electron chi connectivity index (χ1n) is 4.68. The fraction of sp³-hybridized carbons (Fsp3) is 0.556. The number of H-pyrrole nitrogens is 1. The van der Waals surface area contributed by atoms with Gasteiger partial charge in [0.05, 0.1) is 18.1 Å². The van der Waals surface area contributed by atoms with E-state index in [-0.39, 0.29) is 17.8 Å². The van der Waals surface area contributed by atoms with Crippen molar-refractivity contribution in [2.24, 2.45) is 0 Å². The van der Waals surface area contributed by atoms with Crippen LogP contribution in [0.1, 0.15) is 30.3 Å². The van der Waals surface area contributed by atoms with E-state index < -0.39 is 0 Å². The van der Waals surface area contributed by atoms with Gasteiger partial charge in [-0.3, -0.25) is 4.79 Å². The number of rotatable bonds is 2. The summed E-state index contributed by atoms with van der Waals surface area (Å²) in [5, 5.41) is 2.86. The van der Waals surface area contributed by atoms with E-state index in [0.29, 0.717) is 0 Å². The van der Waals surface area contributed by atoms with Gasteiger partial charge in [-0.2, -0.15) is 0 Å². The van der Waals surface area contributed by atoms with E-state index in [4.69, 9.17) is 11.6 Å². The van der Waals surface area contributed by atoms with Gasteiger partial charge in [-0.25, -0.2) is 4.98 Å². The van der Waals surface area contributed by atoms with Gasteiger partial charge in [-0.15, -0.1) is 11.6 Å². The minimum Gasteiger partial charge on any atom is -0.348 e. The van der Waals surface area contributed by atoms with Gasteiger partial charge in [0, 0.05) is 5.69 Å². The minimum atomic E-state index is -0.132. The monoisotopic (exact) mass is 213 g/mol. The number of hydrogen-bond acceptors (Lipinski definition) is 2. The third kappa shape index (κ3) is 1.75. The van der Waals surface area contributed by atoms with Crippen LogP contribution in [0.15, 0.2) is 6.33 Å². The van der Waals surface area contributed by atoms with Crippen molar-refractivity contribution >= 4 is 17.5 Å². The molecule has 1 aliphatic carbocycles. The maximum absolute atomic E-state index is 11.1. The lowest BCUT2D eigenvalue weighted by Gasteiger charge is -2.21. The number of halogens is 1. The Balaban J connectivity index is 2.12. The average molecular weight is 214 g/mol. The van der Waals surface area contributed by atoms with Gasteiger partial charge >= 0.3 is 0 Å². The van der Waals surface area contributed by atoms with E-state index >= 15 is 0 Å². The molecule has 2 N–H and O–H groups in total. The predicted octanol–water partition coefficient (Wildman–Crippen LogP) is 1.14. The Morgan fingerprint density at radius 1 is 1.79 bits per heavy atom. The quantitative estimate of drug-likeness (QED) is 0.724. The van der Waals surface area contributed by atoms with Crippen LogP contribution in [0.3, 0.4) is 0 Å². The van der Waals surface area contributed by atoms with E-state index in [1.165, 1.54) is 0 Å². The van der Waals surface area contributed by atoms with Crippen molar-refractivity contribution in [1.29, 1.82) is 0 Å². The molecular formula is C9H12ClN3O. The Labute approximate surface area is 87.1 Å². The Morgan fingerprint density at radius 3 is 3.43 bits per heavy atom. The third-order valence-electron chi connectivity index (χ3n) is 2.46. The van der Waals surface area contributed by atoms with Gasteiger partial charge in [-0.1, -0.05) is 0 Å². The number of nitrogens with one attached hydrogen (secondary N) is 2. The molecule has 1 unspecified atom stereocenters. The molecule has 4 nitrogen and oxygen atoms in total. The van der Waals surface area contributed by atoms with Crippen LogP contribution in [0.25, 0.3) is 0 Å². The highest BCUT2D eigenvalue weighted by Gasteiger charge is 2.23. The predicted molar refractivity (Wildman–Crippen MR) is 53.1 cm³/mol. The van der Waals surface area contributed by atoms with Crippen molar-refractivity contribution < 1.29 is 4.79 Å². The molecule has 1 amide bonds. The summed E-state index contributed by atoms with van der Waals surface area (Å²) in [5.74, 6) is -0.122. The maximum atomic E-state index is 11.1. The van der Waals surface area contributed by atoms with Crippen LogP contribution < -0.4 is 5.32 Å². The zero-order chi connectivity index (χ0) is 9.97. The Bertz CT molecular complexity index is 337. The topological polar surface area (TPSA) is 57.8 Å². The SMILES string of the molecule is O=C(CCl)NC1CCCc2[nH]cnc21. The fourth-order valence-corrected chi connectivity index (χ4v) is 1.90. The zero-order valence-corrected chi connectivity index (χ0v) is 8.47. The lowest BCUT2D eigenvalue weighted by Crippen LogP contribution is -2.31. The first kappa shape index (κ1) is 9.52. The van der Waals surface area contributed by atoms with Crippen molar-refractivity contribution in [1.82, 2.24) is 15.3 Å². The molecule has 0 radical (unpaired) electrons. The molecule has 0 aromatic carbocycles. The smallest absolute Gasteiger partial charge is 0.235 e. The van der Waals surface area contributed by atoms with Crippen LogP contribution in [0.4, 0.5) is 0 Å². The molecule has 1 aliphatic rings. The van der Waals surface area contributed by atoms with Crippen LogP contribution in [-0.4, -0.2) is 21.8 Å². The highest BCUT2D eigenvalue weighted by atomic mass is 35.5. The highest BCUT2D eigenvalue weighted by Crippen LogP contribution is 2.26. The average Bonchev–Trinajstić information content (AvgIpc) is 2.66. The molecular weight excluding hydrogens is 202 g/mol. The van der Waals surface area contributed by atoms with Gasteiger partial charge in [0.2, 0.25) is 5.91 Å². The van der Waals surface area contributed by atoms with Gasteiger partial charge in [0.15, 0.2) is 0 Å². The van der Waals surface area contributed by atoms with Crippen molar-refractivity contribution in [2.75, 3.05) is 5.88 Å². The number of hydrogen-bond donors (Lipinski definition) is 2. The molecule has 0 bridgehead atoms. The standard InChI is InChI=1S/C9H12ClN3O/c10-4-8(14)13-7-3-1-2-6-9(7)12-5-11-6/h5,7H,1-4H2,(H,11,12)(H,13,14). The number of nitrogens with zero attached hydrogens (tertiary/aromatic N) is 1. The van der Waals surface area contributed by atoms with Gasteiger partial charge < -0.3 is 10.3 Å². The number of carbonyl (C=O) groups is 1. The molecule has 0 spiro atoms. The molecule has 0 aliphatic heterocycles. The van der Waals surface area contributed by atoms with Crippen LogP contribution >= 0.6 is 11.6 Å². The highest BCUT2D eigenvalue weighted by molar-refractivity contribution is 6.27. The molecule has 1 aromatic heterocycles. The lowest BCUT2D eigenvalue weighted by atomic mass is 9.96. The van der Waals surface area contributed by atoms with Gasteiger partial charge in [0.25, 0.3) is 0 Å². The number of alkyl halides is 1. The number of aromatic nitrogens is 2. The fourth-order valence-electron chi connectivity index (χ4n) is 1.83. The Morgan fingerprint density at radius 2 is 2.64 bits per heavy atom. The van der Waals surface area contributed by atoms with Gasteiger partial charge in [0.1, 0.15) is 5.88 Å².